The molecule has 1 unspecified atom stereocenters. The number of nitrogens with one attached hydrogen (secondary N) is 1. The highest BCUT2D eigenvalue weighted by Gasteiger charge is 2.28. The summed E-state index contributed by atoms with van der Waals surface area (Å²) in [4.78, 5) is 0. The third-order valence-electron chi connectivity index (χ3n) is 3.98. The Morgan fingerprint density at radius 3 is 2.26 bits per heavy atom. The van der Waals surface area contributed by atoms with Crippen LogP contribution in [0.15, 0.2) is 18.2 Å². The molecule has 0 saturated carbocycles. The molecule has 1 N–H and O–H groups in total. The number of halogens is 2. The highest BCUT2D eigenvalue weighted by atomic mass is 35.5. The van der Waals surface area contributed by atoms with Crippen LogP contribution in [0.4, 0.5) is 0 Å². The summed E-state index contributed by atoms with van der Waals surface area (Å²) in [6.45, 7) is 5.51. The van der Waals surface area contributed by atoms with Crippen molar-refractivity contribution < 1.29 is 0 Å². The smallest absolute Gasteiger partial charge is 0.0453 e. The normalized spacial score (nSPS) is 14.4. The summed E-state index contributed by atoms with van der Waals surface area (Å²) in [6, 6.07) is 5.77. The van der Waals surface area contributed by atoms with E-state index in [-0.39, 0.29) is 5.41 Å². The fourth-order valence-corrected chi connectivity index (χ4v) is 3.20. The lowest BCUT2D eigenvalue weighted by Crippen LogP contribution is -2.34. The molecule has 1 nitrogen and oxygen atoms in total. The minimum atomic E-state index is 0.249. The summed E-state index contributed by atoms with van der Waals surface area (Å²) in [5.74, 6) is 0. The molecule has 1 atom stereocenters. The van der Waals surface area contributed by atoms with E-state index in [0.29, 0.717) is 0 Å². The Balaban J connectivity index is 2.98. The predicted molar refractivity (Wildman–Crippen MR) is 86.3 cm³/mol. The summed E-state index contributed by atoms with van der Waals surface area (Å²) in [5, 5.41) is 4.92. The van der Waals surface area contributed by atoms with Gasteiger partial charge in [-0.3, -0.25) is 0 Å². The molecule has 0 saturated heterocycles. The molecular formula is C16H25Cl2N. The Kier molecular flexibility index (Phi) is 7.20. The van der Waals surface area contributed by atoms with Crippen LogP contribution in [-0.2, 0) is 6.42 Å². The lowest BCUT2D eigenvalue weighted by atomic mass is 9.75. The van der Waals surface area contributed by atoms with Gasteiger partial charge in [0.2, 0.25) is 0 Å². The van der Waals surface area contributed by atoms with Crippen molar-refractivity contribution in [1.29, 1.82) is 0 Å². The van der Waals surface area contributed by atoms with E-state index in [2.05, 4.69) is 19.2 Å². The lowest BCUT2D eigenvalue weighted by molar-refractivity contribution is 0.235. The van der Waals surface area contributed by atoms with Crippen LogP contribution in [0.2, 0.25) is 10.0 Å². The van der Waals surface area contributed by atoms with Crippen LogP contribution in [-0.4, -0.2) is 13.6 Å². The number of hydrogen-bond donors (Lipinski definition) is 1. The van der Waals surface area contributed by atoms with E-state index >= 15 is 0 Å². The van der Waals surface area contributed by atoms with Gasteiger partial charge in [0.15, 0.2) is 0 Å². The average Bonchev–Trinajstić information content (AvgIpc) is 2.40. The van der Waals surface area contributed by atoms with Crippen molar-refractivity contribution in [2.45, 2.75) is 46.0 Å². The Morgan fingerprint density at radius 1 is 1.16 bits per heavy atom. The van der Waals surface area contributed by atoms with E-state index < -0.39 is 0 Å². The van der Waals surface area contributed by atoms with Gasteiger partial charge in [-0.1, -0.05) is 56.0 Å². The maximum atomic E-state index is 6.32. The zero-order valence-corrected chi connectivity index (χ0v) is 13.7. The maximum Gasteiger partial charge on any atom is 0.0453 e. The molecule has 0 aromatic heterocycles. The Bertz CT molecular complexity index is 372. The third kappa shape index (κ3) is 4.66. The molecular weight excluding hydrogens is 277 g/mol. The minimum Gasteiger partial charge on any atom is -0.319 e. The first kappa shape index (κ1) is 16.8. The van der Waals surface area contributed by atoms with Gasteiger partial charge in [0.05, 0.1) is 0 Å². The van der Waals surface area contributed by atoms with Gasteiger partial charge in [0.1, 0.15) is 0 Å². The van der Waals surface area contributed by atoms with Crippen LogP contribution >= 0.6 is 23.2 Å². The molecule has 0 amide bonds. The maximum absolute atomic E-state index is 6.32. The largest absolute Gasteiger partial charge is 0.319 e. The standard InChI is InChI=1S/C16H25Cl2N/c1-4-6-10-16(5-2,12-19-3)11-13-14(17)8-7-9-15(13)18/h7-9,19H,4-6,10-12H2,1-3H3. The van der Waals surface area contributed by atoms with E-state index in [1.54, 1.807) is 0 Å². The van der Waals surface area contributed by atoms with Gasteiger partial charge in [0, 0.05) is 16.6 Å². The van der Waals surface area contributed by atoms with Gasteiger partial charge < -0.3 is 5.32 Å². The van der Waals surface area contributed by atoms with Crippen LogP contribution < -0.4 is 5.32 Å². The second-order valence-corrected chi connectivity index (χ2v) is 6.18. The van der Waals surface area contributed by atoms with Crippen molar-refractivity contribution in [2.24, 2.45) is 5.41 Å². The van der Waals surface area contributed by atoms with E-state index in [9.17, 15) is 0 Å². The Labute approximate surface area is 127 Å². The van der Waals surface area contributed by atoms with Crippen LogP contribution in [0.5, 0.6) is 0 Å². The van der Waals surface area contributed by atoms with E-state index in [1.165, 1.54) is 19.3 Å². The van der Waals surface area contributed by atoms with Crippen LogP contribution in [0.1, 0.15) is 45.1 Å². The van der Waals surface area contributed by atoms with Crippen molar-refractivity contribution in [3.63, 3.8) is 0 Å². The molecule has 3 heteroatoms. The molecule has 0 heterocycles. The number of rotatable bonds is 8. The number of hydrogen-bond acceptors (Lipinski definition) is 1. The molecule has 0 spiro atoms. The fourth-order valence-electron chi connectivity index (χ4n) is 2.67. The zero-order valence-electron chi connectivity index (χ0n) is 12.2. The molecule has 1 aromatic carbocycles. The topological polar surface area (TPSA) is 12.0 Å². The highest BCUT2D eigenvalue weighted by molar-refractivity contribution is 6.36. The quantitative estimate of drug-likeness (QED) is 0.683. The highest BCUT2D eigenvalue weighted by Crippen LogP contribution is 2.37. The van der Waals surface area contributed by atoms with Crippen molar-refractivity contribution >= 4 is 23.2 Å². The molecule has 1 aromatic rings. The molecule has 0 aliphatic heterocycles. The first-order valence-corrected chi connectivity index (χ1v) is 7.91. The summed E-state index contributed by atoms with van der Waals surface area (Å²) in [7, 11) is 2.02. The van der Waals surface area contributed by atoms with Gasteiger partial charge in [-0.15, -0.1) is 0 Å². The summed E-state index contributed by atoms with van der Waals surface area (Å²) < 4.78 is 0. The molecule has 108 valence electrons. The van der Waals surface area contributed by atoms with Crippen molar-refractivity contribution in [3.05, 3.63) is 33.8 Å². The first-order chi connectivity index (χ1) is 9.08. The fraction of sp³-hybridized carbons (Fsp3) is 0.625. The molecule has 0 aliphatic carbocycles. The number of benzene rings is 1. The SMILES string of the molecule is CCCCC(CC)(CNC)Cc1c(Cl)cccc1Cl. The number of unbranched alkanes of at least 4 members (excludes halogenated alkanes) is 1. The van der Waals surface area contributed by atoms with E-state index in [0.717, 1.165) is 35.0 Å². The van der Waals surface area contributed by atoms with Gasteiger partial charge >= 0.3 is 0 Å². The summed E-state index contributed by atoms with van der Waals surface area (Å²) >= 11 is 12.6. The van der Waals surface area contributed by atoms with Crippen LogP contribution in [0, 0.1) is 5.41 Å². The zero-order chi connectivity index (χ0) is 14.3. The molecule has 19 heavy (non-hydrogen) atoms. The summed E-state index contributed by atoms with van der Waals surface area (Å²) in [5.41, 5.74) is 1.35. The van der Waals surface area contributed by atoms with E-state index in [4.69, 9.17) is 23.2 Å². The monoisotopic (exact) mass is 301 g/mol. The van der Waals surface area contributed by atoms with Crippen molar-refractivity contribution in [3.8, 4) is 0 Å². The second kappa shape index (κ2) is 8.14. The van der Waals surface area contributed by atoms with E-state index in [1.807, 2.05) is 25.2 Å². The second-order valence-electron chi connectivity index (χ2n) is 5.36. The molecule has 0 fully saturated rings. The predicted octanol–water partition coefficient (Wildman–Crippen LogP) is 5.34. The Hall–Kier alpha value is -0.240. The van der Waals surface area contributed by atoms with Gasteiger partial charge in [0.25, 0.3) is 0 Å². The first-order valence-electron chi connectivity index (χ1n) is 7.16. The van der Waals surface area contributed by atoms with Gasteiger partial charge in [-0.05, 0) is 49.4 Å². The molecule has 1 rings (SSSR count). The summed E-state index contributed by atoms with van der Waals surface area (Å²) in [6.07, 6.45) is 5.76. The molecule has 0 radical (unpaired) electrons. The van der Waals surface area contributed by atoms with Gasteiger partial charge in [-0.2, -0.15) is 0 Å². The lowest BCUT2D eigenvalue weighted by Gasteiger charge is -2.33. The average molecular weight is 302 g/mol. The van der Waals surface area contributed by atoms with Crippen LogP contribution in [0.3, 0.4) is 0 Å². The van der Waals surface area contributed by atoms with Gasteiger partial charge in [-0.25, -0.2) is 0 Å². The Morgan fingerprint density at radius 2 is 1.79 bits per heavy atom. The molecule has 0 aliphatic rings. The van der Waals surface area contributed by atoms with Crippen molar-refractivity contribution in [2.75, 3.05) is 13.6 Å². The molecule has 0 bridgehead atoms. The third-order valence-corrected chi connectivity index (χ3v) is 4.68. The van der Waals surface area contributed by atoms with Crippen molar-refractivity contribution in [1.82, 2.24) is 5.32 Å². The minimum absolute atomic E-state index is 0.249. The van der Waals surface area contributed by atoms with Crippen LogP contribution in [0.25, 0.3) is 0 Å².